The summed E-state index contributed by atoms with van der Waals surface area (Å²) in [5.74, 6) is 0.625. The van der Waals surface area contributed by atoms with Crippen molar-refractivity contribution in [2.45, 2.75) is 33.5 Å². The summed E-state index contributed by atoms with van der Waals surface area (Å²) in [7, 11) is 0. The Morgan fingerprint density at radius 3 is 2.25 bits per heavy atom. The van der Waals surface area contributed by atoms with Crippen molar-refractivity contribution in [3.05, 3.63) is 35.4 Å². The van der Waals surface area contributed by atoms with Crippen LogP contribution >= 0.6 is 0 Å². The van der Waals surface area contributed by atoms with Crippen LogP contribution in [-0.2, 0) is 11.3 Å². The molecule has 1 aromatic carbocycles. The van der Waals surface area contributed by atoms with Crippen LogP contribution in [0.5, 0.6) is 0 Å². The maximum Gasteiger partial charge on any atom is 0.122 e. The Morgan fingerprint density at radius 2 is 1.81 bits per heavy atom. The molecular formula is C13H20N2O. The molecule has 0 aliphatic heterocycles. The predicted molar refractivity (Wildman–Crippen MR) is 66.5 cm³/mol. The Labute approximate surface area is 97.1 Å². The minimum Gasteiger partial charge on any atom is -0.384 e. The molecule has 0 heterocycles. The van der Waals surface area contributed by atoms with Crippen molar-refractivity contribution < 1.29 is 4.74 Å². The highest BCUT2D eigenvalue weighted by molar-refractivity contribution is 5.94. The van der Waals surface area contributed by atoms with Crippen LogP contribution in [-0.4, -0.2) is 11.9 Å². The summed E-state index contributed by atoms with van der Waals surface area (Å²) in [5, 5.41) is 7.28. The molecule has 3 N–H and O–H groups in total. The fraction of sp³-hybridized carbons (Fsp3) is 0.462. The highest BCUT2D eigenvalue weighted by Gasteiger charge is 2.07. The Bertz CT molecular complexity index is 343. The molecule has 16 heavy (non-hydrogen) atoms. The van der Waals surface area contributed by atoms with E-state index in [9.17, 15) is 0 Å². The number of hydrogen-bond acceptors (Lipinski definition) is 2. The van der Waals surface area contributed by atoms with E-state index in [-0.39, 0.29) is 11.9 Å². The van der Waals surface area contributed by atoms with E-state index in [4.69, 9.17) is 15.9 Å². The molecule has 3 heteroatoms. The van der Waals surface area contributed by atoms with Gasteiger partial charge in [-0.15, -0.1) is 0 Å². The number of amidine groups is 1. The van der Waals surface area contributed by atoms with Gasteiger partial charge in [-0.1, -0.05) is 38.1 Å². The van der Waals surface area contributed by atoms with Crippen molar-refractivity contribution in [2.75, 3.05) is 0 Å². The maximum atomic E-state index is 7.28. The normalized spacial score (nSPS) is 12.8. The lowest BCUT2D eigenvalue weighted by molar-refractivity contribution is 0.0235. The minimum atomic E-state index is 0.100. The fourth-order valence-electron chi connectivity index (χ4n) is 1.20. The van der Waals surface area contributed by atoms with Crippen molar-refractivity contribution in [1.82, 2.24) is 0 Å². The first-order valence-electron chi connectivity index (χ1n) is 5.55. The van der Waals surface area contributed by atoms with E-state index in [0.29, 0.717) is 12.5 Å². The predicted octanol–water partition coefficient (Wildman–Crippen LogP) is 2.53. The summed E-state index contributed by atoms with van der Waals surface area (Å²) in [6.07, 6.45) is 0.257. The number of nitrogen functional groups attached to an aromatic ring is 1. The van der Waals surface area contributed by atoms with Gasteiger partial charge in [0.15, 0.2) is 0 Å². The van der Waals surface area contributed by atoms with Crippen molar-refractivity contribution in [3.63, 3.8) is 0 Å². The van der Waals surface area contributed by atoms with Gasteiger partial charge in [0.1, 0.15) is 5.84 Å². The quantitative estimate of drug-likeness (QED) is 0.591. The smallest absolute Gasteiger partial charge is 0.122 e. The van der Waals surface area contributed by atoms with Gasteiger partial charge in [0, 0.05) is 5.56 Å². The van der Waals surface area contributed by atoms with Crippen molar-refractivity contribution in [1.29, 1.82) is 5.41 Å². The van der Waals surface area contributed by atoms with Crippen LogP contribution in [0, 0.1) is 11.3 Å². The van der Waals surface area contributed by atoms with Gasteiger partial charge in [0.2, 0.25) is 0 Å². The van der Waals surface area contributed by atoms with Gasteiger partial charge in [0.05, 0.1) is 12.7 Å². The SMILES string of the molecule is CC(C)C(C)OCc1ccc(C(=N)N)cc1. The Kier molecular flexibility index (Phi) is 4.50. The minimum absolute atomic E-state index is 0.100. The van der Waals surface area contributed by atoms with Crippen molar-refractivity contribution >= 4 is 5.84 Å². The standard InChI is InChI=1S/C13H20N2O/c1-9(2)10(3)16-8-11-4-6-12(7-5-11)13(14)15/h4-7,9-10H,8H2,1-3H3,(H3,14,15). The van der Waals surface area contributed by atoms with E-state index < -0.39 is 0 Å². The molecule has 0 radical (unpaired) electrons. The average Bonchev–Trinajstić information content (AvgIpc) is 2.26. The zero-order chi connectivity index (χ0) is 12.1. The number of hydrogen-bond donors (Lipinski definition) is 2. The molecule has 1 aromatic rings. The lowest BCUT2D eigenvalue weighted by Crippen LogP contribution is -2.15. The van der Waals surface area contributed by atoms with Crippen LogP contribution in [0.1, 0.15) is 31.9 Å². The van der Waals surface area contributed by atoms with Gasteiger partial charge in [-0.2, -0.15) is 0 Å². The van der Waals surface area contributed by atoms with Gasteiger partial charge in [0.25, 0.3) is 0 Å². The number of nitrogens with two attached hydrogens (primary N) is 1. The first kappa shape index (κ1) is 12.7. The van der Waals surface area contributed by atoms with Gasteiger partial charge in [-0.05, 0) is 18.4 Å². The van der Waals surface area contributed by atoms with Crippen LogP contribution < -0.4 is 5.73 Å². The van der Waals surface area contributed by atoms with Gasteiger partial charge >= 0.3 is 0 Å². The lowest BCUT2D eigenvalue weighted by atomic mass is 10.1. The van der Waals surface area contributed by atoms with Crippen LogP contribution in [0.25, 0.3) is 0 Å². The molecule has 0 fully saturated rings. The third-order valence-electron chi connectivity index (χ3n) is 2.72. The molecule has 0 saturated carbocycles. The van der Waals surface area contributed by atoms with E-state index in [1.807, 2.05) is 24.3 Å². The summed E-state index contributed by atoms with van der Waals surface area (Å²) in [6.45, 7) is 6.97. The summed E-state index contributed by atoms with van der Waals surface area (Å²) in [5.41, 5.74) is 7.24. The molecule has 1 atom stereocenters. The number of nitrogens with one attached hydrogen (secondary N) is 1. The fourth-order valence-corrected chi connectivity index (χ4v) is 1.20. The Balaban J connectivity index is 2.53. The highest BCUT2D eigenvalue weighted by atomic mass is 16.5. The van der Waals surface area contributed by atoms with Gasteiger partial charge in [-0.3, -0.25) is 5.41 Å². The van der Waals surface area contributed by atoms with E-state index in [1.54, 1.807) is 0 Å². The summed E-state index contributed by atoms with van der Waals surface area (Å²) < 4.78 is 5.70. The van der Waals surface area contributed by atoms with E-state index >= 15 is 0 Å². The largest absolute Gasteiger partial charge is 0.384 e. The summed E-state index contributed by atoms with van der Waals surface area (Å²) in [6, 6.07) is 7.59. The third-order valence-corrected chi connectivity index (χ3v) is 2.72. The Morgan fingerprint density at radius 1 is 1.25 bits per heavy atom. The first-order valence-corrected chi connectivity index (χ1v) is 5.55. The molecule has 1 rings (SSSR count). The zero-order valence-electron chi connectivity index (χ0n) is 10.2. The van der Waals surface area contributed by atoms with Gasteiger partial charge in [-0.25, -0.2) is 0 Å². The number of rotatable bonds is 5. The Hall–Kier alpha value is -1.35. The molecule has 0 aliphatic rings. The van der Waals surface area contributed by atoms with Crippen LogP contribution in [0.4, 0.5) is 0 Å². The number of ether oxygens (including phenoxy) is 1. The topological polar surface area (TPSA) is 59.1 Å². The molecule has 0 aliphatic carbocycles. The van der Waals surface area contributed by atoms with Crippen LogP contribution in [0.15, 0.2) is 24.3 Å². The second-order valence-electron chi connectivity index (χ2n) is 4.37. The molecular weight excluding hydrogens is 200 g/mol. The van der Waals surface area contributed by atoms with Crippen molar-refractivity contribution in [3.8, 4) is 0 Å². The van der Waals surface area contributed by atoms with E-state index in [1.165, 1.54) is 0 Å². The molecule has 88 valence electrons. The molecule has 0 saturated heterocycles. The number of benzene rings is 1. The first-order chi connectivity index (χ1) is 7.50. The second-order valence-corrected chi connectivity index (χ2v) is 4.37. The highest BCUT2D eigenvalue weighted by Crippen LogP contribution is 2.10. The summed E-state index contributed by atoms with van der Waals surface area (Å²) in [4.78, 5) is 0. The molecule has 0 aromatic heterocycles. The van der Waals surface area contributed by atoms with E-state index in [0.717, 1.165) is 11.1 Å². The zero-order valence-corrected chi connectivity index (χ0v) is 10.2. The maximum absolute atomic E-state index is 7.28. The second kappa shape index (κ2) is 5.66. The third kappa shape index (κ3) is 3.66. The molecule has 0 amide bonds. The molecule has 1 unspecified atom stereocenters. The van der Waals surface area contributed by atoms with Crippen LogP contribution in [0.2, 0.25) is 0 Å². The van der Waals surface area contributed by atoms with E-state index in [2.05, 4.69) is 20.8 Å². The average molecular weight is 220 g/mol. The van der Waals surface area contributed by atoms with Crippen molar-refractivity contribution in [2.24, 2.45) is 11.7 Å². The van der Waals surface area contributed by atoms with Gasteiger partial charge < -0.3 is 10.5 Å². The lowest BCUT2D eigenvalue weighted by Gasteiger charge is -2.16. The molecule has 3 nitrogen and oxygen atoms in total. The van der Waals surface area contributed by atoms with Crippen LogP contribution in [0.3, 0.4) is 0 Å². The monoisotopic (exact) mass is 220 g/mol. The summed E-state index contributed by atoms with van der Waals surface area (Å²) >= 11 is 0. The molecule has 0 spiro atoms. The molecule has 0 bridgehead atoms.